The molecule has 1 aromatic carbocycles. The van der Waals surface area contributed by atoms with E-state index in [1.807, 2.05) is 25.2 Å². The van der Waals surface area contributed by atoms with Crippen molar-refractivity contribution < 1.29 is 9.47 Å². The van der Waals surface area contributed by atoms with Crippen molar-refractivity contribution in [2.45, 2.75) is 32.9 Å². The van der Waals surface area contributed by atoms with Crippen LogP contribution in [0.3, 0.4) is 0 Å². The first-order valence-electron chi connectivity index (χ1n) is 10.2. The van der Waals surface area contributed by atoms with Crippen molar-refractivity contribution in [2.24, 2.45) is 10.9 Å². The van der Waals surface area contributed by atoms with Crippen molar-refractivity contribution in [3.63, 3.8) is 0 Å². The van der Waals surface area contributed by atoms with E-state index in [9.17, 15) is 0 Å². The van der Waals surface area contributed by atoms with E-state index in [1.54, 1.807) is 11.3 Å². The Balaban J connectivity index is 1.17. The summed E-state index contributed by atoms with van der Waals surface area (Å²) >= 11 is 1.73. The molecule has 1 fully saturated rings. The van der Waals surface area contributed by atoms with Gasteiger partial charge in [-0.15, -0.1) is 11.3 Å². The molecule has 29 heavy (non-hydrogen) atoms. The molecule has 8 heteroatoms. The van der Waals surface area contributed by atoms with Gasteiger partial charge in [0.15, 0.2) is 17.5 Å². The van der Waals surface area contributed by atoms with Crippen LogP contribution < -0.4 is 20.1 Å². The van der Waals surface area contributed by atoms with E-state index in [1.165, 1.54) is 18.5 Å². The summed E-state index contributed by atoms with van der Waals surface area (Å²) < 4.78 is 10.8. The van der Waals surface area contributed by atoms with Crippen LogP contribution in [0.1, 0.15) is 29.1 Å². The van der Waals surface area contributed by atoms with Gasteiger partial charge in [-0.1, -0.05) is 6.07 Å². The van der Waals surface area contributed by atoms with E-state index in [-0.39, 0.29) is 0 Å². The van der Waals surface area contributed by atoms with Gasteiger partial charge in [-0.25, -0.2) is 4.98 Å². The van der Waals surface area contributed by atoms with Gasteiger partial charge in [0.1, 0.15) is 0 Å². The molecular formula is C21H29N5O2S. The summed E-state index contributed by atoms with van der Waals surface area (Å²) in [5, 5.41) is 10.2. The largest absolute Gasteiger partial charge is 0.454 e. The van der Waals surface area contributed by atoms with Crippen molar-refractivity contribution in [1.82, 2.24) is 20.5 Å². The maximum Gasteiger partial charge on any atom is 0.231 e. The number of thiazole rings is 1. The molecule has 2 N–H and O–H groups in total. The lowest BCUT2D eigenvalue weighted by atomic mass is 9.97. The monoisotopic (exact) mass is 415 g/mol. The predicted molar refractivity (Wildman–Crippen MR) is 116 cm³/mol. The third kappa shape index (κ3) is 5.39. The van der Waals surface area contributed by atoms with Gasteiger partial charge < -0.3 is 20.1 Å². The SMILES string of the molecule is CN=C(NCc1ccc2c(c1)OCO2)NCC1CCN(Cc2csc(C)n2)CC1. The zero-order valence-corrected chi connectivity index (χ0v) is 17.9. The lowest BCUT2D eigenvalue weighted by Crippen LogP contribution is -2.42. The number of likely N-dealkylation sites (tertiary alicyclic amines) is 1. The highest BCUT2D eigenvalue weighted by molar-refractivity contribution is 7.09. The molecule has 0 aliphatic carbocycles. The fraction of sp³-hybridized carbons (Fsp3) is 0.524. The summed E-state index contributed by atoms with van der Waals surface area (Å²) in [7, 11) is 1.81. The van der Waals surface area contributed by atoms with E-state index >= 15 is 0 Å². The summed E-state index contributed by atoms with van der Waals surface area (Å²) in [6.07, 6.45) is 2.41. The summed E-state index contributed by atoms with van der Waals surface area (Å²) in [6, 6.07) is 6.02. The number of aryl methyl sites for hydroxylation is 1. The first-order valence-corrected chi connectivity index (χ1v) is 11.0. The highest BCUT2D eigenvalue weighted by Gasteiger charge is 2.20. The van der Waals surface area contributed by atoms with Crippen LogP contribution in [0.15, 0.2) is 28.6 Å². The second-order valence-electron chi connectivity index (χ2n) is 7.57. The number of piperidine rings is 1. The quantitative estimate of drug-likeness (QED) is 0.558. The third-order valence-electron chi connectivity index (χ3n) is 5.44. The number of guanidine groups is 1. The summed E-state index contributed by atoms with van der Waals surface area (Å²) in [5.41, 5.74) is 2.35. The number of nitrogens with one attached hydrogen (secondary N) is 2. The Morgan fingerprint density at radius 1 is 1.24 bits per heavy atom. The molecule has 0 saturated carbocycles. The molecule has 3 heterocycles. The number of nitrogens with zero attached hydrogens (tertiary/aromatic N) is 3. The maximum absolute atomic E-state index is 5.44. The molecule has 2 aliphatic rings. The van der Waals surface area contributed by atoms with Crippen LogP contribution in [0.5, 0.6) is 11.5 Å². The van der Waals surface area contributed by atoms with Gasteiger partial charge in [0.25, 0.3) is 0 Å². The highest BCUT2D eigenvalue weighted by atomic mass is 32.1. The van der Waals surface area contributed by atoms with Gasteiger partial charge >= 0.3 is 0 Å². The summed E-state index contributed by atoms with van der Waals surface area (Å²) in [4.78, 5) is 11.5. The van der Waals surface area contributed by atoms with Crippen LogP contribution in [0, 0.1) is 12.8 Å². The molecule has 0 amide bonds. The fourth-order valence-corrected chi connectivity index (χ4v) is 4.36. The molecule has 0 spiro atoms. The Kier molecular flexibility index (Phi) is 6.51. The fourth-order valence-electron chi connectivity index (χ4n) is 3.76. The predicted octanol–water partition coefficient (Wildman–Crippen LogP) is 2.76. The van der Waals surface area contributed by atoms with Crippen molar-refractivity contribution in [1.29, 1.82) is 0 Å². The van der Waals surface area contributed by atoms with Crippen molar-refractivity contribution in [2.75, 3.05) is 33.5 Å². The zero-order valence-electron chi connectivity index (χ0n) is 17.1. The molecule has 156 valence electrons. The first kappa shape index (κ1) is 20.0. The lowest BCUT2D eigenvalue weighted by molar-refractivity contribution is 0.174. The van der Waals surface area contributed by atoms with Crippen LogP contribution in [-0.4, -0.2) is 49.3 Å². The van der Waals surface area contributed by atoms with Crippen LogP contribution in [-0.2, 0) is 13.1 Å². The van der Waals surface area contributed by atoms with E-state index < -0.39 is 0 Å². The lowest BCUT2D eigenvalue weighted by Gasteiger charge is -2.31. The highest BCUT2D eigenvalue weighted by Crippen LogP contribution is 2.32. The molecule has 1 saturated heterocycles. The molecular weight excluding hydrogens is 386 g/mol. The van der Waals surface area contributed by atoms with E-state index in [0.29, 0.717) is 19.3 Å². The second kappa shape index (κ2) is 9.45. The molecule has 0 unspecified atom stereocenters. The average molecular weight is 416 g/mol. The van der Waals surface area contributed by atoms with E-state index in [4.69, 9.17) is 9.47 Å². The Labute approximate surface area is 176 Å². The normalized spacial score (nSPS) is 17.5. The van der Waals surface area contributed by atoms with Crippen molar-refractivity contribution in [3.8, 4) is 11.5 Å². The van der Waals surface area contributed by atoms with Gasteiger partial charge in [-0.2, -0.15) is 0 Å². The topological polar surface area (TPSA) is 71.0 Å². The van der Waals surface area contributed by atoms with Crippen LogP contribution in [0.2, 0.25) is 0 Å². The second-order valence-corrected chi connectivity index (χ2v) is 8.63. The standard InChI is InChI=1S/C21H29N5O2S/c1-15-25-18(13-29-15)12-26-7-5-16(6-8-26)10-23-21(22-2)24-11-17-3-4-19-20(9-17)28-14-27-19/h3-4,9,13,16H,5-8,10-12,14H2,1-2H3,(H2,22,23,24). The summed E-state index contributed by atoms with van der Waals surface area (Å²) in [6.45, 7) is 7.25. The molecule has 4 rings (SSSR count). The number of fused-ring (bicyclic) bond motifs is 1. The minimum atomic E-state index is 0.303. The number of hydrogen-bond donors (Lipinski definition) is 2. The van der Waals surface area contributed by atoms with Gasteiger partial charge in [0.05, 0.1) is 10.7 Å². The third-order valence-corrected chi connectivity index (χ3v) is 6.26. The zero-order chi connectivity index (χ0) is 20.1. The molecule has 2 aliphatic heterocycles. The molecule has 1 aromatic heterocycles. The molecule has 0 bridgehead atoms. The van der Waals surface area contributed by atoms with E-state index in [2.05, 4.69) is 37.8 Å². The smallest absolute Gasteiger partial charge is 0.231 e. The molecule has 7 nitrogen and oxygen atoms in total. The van der Waals surface area contributed by atoms with Crippen molar-refractivity contribution >= 4 is 17.3 Å². The van der Waals surface area contributed by atoms with Crippen LogP contribution in [0.4, 0.5) is 0 Å². The van der Waals surface area contributed by atoms with Crippen LogP contribution >= 0.6 is 11.3 Å². The van der Waals surface area contributed by atoms with E-state index in [0.717, 1.165) is 54.2 Å². The first-order chi connectivity index (χ1) is 14.2. The van der Waals surface area contributed by atoms with Gasteiger partial charge in [-0.3, -0.25) is 9.89 Å². The summed E-state index contributed by atoms with van der Waals surface area (Å²) in [5.74, 6) is 3.13. The number of aromatic nitrogens is 1. The number of ether oxygens (including phenoxy) is 2. The Bertz CT molecular complexity index is 845. The minimum absolute atomic E-state index is 0.303. The van der Waals surface area contributed by atoms with Crippen molar-refractivity contribution in [3.05, 3.63) is 39.8 Å². The molecule has 2 aromatic rings. The van der Waals surface area contributed by atoms with Crippen LogP contribution in [0.25, 0.3) is 0 Å². The minimum Gasteiger partial charge on any atom is -0.454 e. The number of hydrogen-bond acceptors (Lipinski definition) is 6. The van der Waals surface area contributed by atoms with Gasteiger partial charge in [0.2, 0.25) is 6.79 Å². The molecule has 0 radical (unpaired) electrons. The Morgan fingerprint density at radius 3 is 2.83 bits per heavy atom. The maximum atomic E-state index is 5.44. The number of benzene rings is 1. The number of rotatable bonds is 6. The van der Waals surface area contributed by atoms with Gasteiger partial charge in [0, 0.05) is 32.1 Å². The Hall–Kier alpha value is -2.32. The molecule has 0 atom stereocenters. The average Bonchev–Trinajstić information content (AvgIpc) is 3.37. The van der Waals surface area contributed by atoms with Gasteiger partial charge in [-0.05, 0) is 56.5 Å². The Morgan fingerprint density at radius 2 is 2.07 bits per heavy atom. The number of aliphatic imine (C=N–C) groups is 1.